The number of carbonyl (C=O) groups is 2. The maximum Gasteiger partial charge on any atom is 0.324 e. The van der Waals surface area contributed by atoms with Crippen LogP contribution in [0.5, 0.6) is 0 Å². The van der Waals surface area contributed by atoms with Crippen LogP contribution in [0.1, 0.15) is 19.3 Å². The fraction of sp³-hybridized carbons (Fsp3) is 0.500. The van der Waals surface area contributed by atoms with Crippen molar-refractivity contribution < 1.29 is 22.7 Å². The lowest BCUT2D eigenvalue weighted by atomic mass is 10.2. The van der Waals surface area contributed by atoms with Crippen LogP contribution in [0.4, 0.5) is 0 Å². The van der Waals surface area contributed by atoms with Crippen molar-refractivity contribution in [3.8, 4) is 0 Å². The van der Waals surface area contributed by atoms with Gasteiger partial charge < -0.3 is 10.1 Å². The smallest absolute Gasteiger partial charge is 0.324 e. The lowest BCUT2D eigenvalue weighted by Gasteiger charge is -2.17. The van der Waals surface area contributed by atoms with Crippen LogP contribution < -0.4 is 10.0 Å². The zero-order chi connectivity index (χ0) is 19.2. The van der Waals surface area contributed by atoms with Gasteiger partial charge in [-0.15, -0.1) is 0 Å². The molecule has 0 unspecified atom stereocenters. The predicted molar refractivity (Wildman–Crippen MR) is 103 cm³/mol. The largest absolute Gasteiger partial charge is 0.454 e. The minimum Gasteiger partial charge on any atom is -0.454 e. The van der Waals surface area contributed by atoms with Gasteiger partial charge in [0.15, 0.2) is 6.61 Å². The summed E-state index contributed by atoms with van der Waals surface area (Å²) in [5.74, 6) is -0.567. The lowest BCUT2D eigenvalue weighted by molar-refractivity contribution is -0.150. The number of rotatable bonds is 10. The molecule has 1 aromatic rings. The molecule has 1 fully saturated rings. The van der Waals surface area contributed by atoms with Crippen LogP contribution >= 0.6 is 27.7 Å². The normalized spacial score (nSPS) is 15.3. The number of sulfonamides is 1. The Labute approximate surface area is 165 Å². The highest BCUT2D eigenvalue weighted by Crippen LogP contribution is 2.18. The molecular formula is C16H21BrN2O5S2. The maximum absolute atomic E-state index is 12.5. The van der Waals surface area contributed by atoms with Crippen LogP contribution in [0.15, 0.2) is 33.6 Å². The summed E-state index contributed by atoms with van der Waals surface area (Å²) in [5, 5.41) is 2.71. The molecule has 1 aliphatic carbocycles. The third-order valence-electron chi connectivity index (χ3n) is 3.60. The van der Waals surface area contributed by atoms with E-state index in [4.69, 9.17) is 4.74 Å². The first-order valence-electron chi connectivity index (χ1n) is 8.04. The SMILES string of the molecule is CSCC[C@@H](NS(=O)(=O)c1ccc(Br)cc1)C(=O)OCC(=O)NC1CC1. The van der Waals surface area contributed by atoms with E-state index in [-0.39, 0.29) is 23.3 Å². The van der Waals surface area contributed by atoms with E-state index in [0.29, 0.717) is 5.75 Å². The van der Waals surface area contributed by atoms with Crippen molar-refractivity contribution in [2.75, 3.05) is 18.6 Å². The molecule has 144 valence electrons. The molecule has 10 heteroatoms. The standard InChI is InChI=1S/C16H21BrN2O5S2/c1-25-9-8-14(16(21)24-10-15(20)18-12-4-5-12)19-26(22,23)13-6-2-11(17)3-7-13/h2-3,6-7,12,14,19H,4-5,8-10H2,1H3,(H,18,20)/t14-/m1/s1. The second-order valence-corrected chi connectivity index (χ2v) is 9.47. The monoisotopic (exact) mass is 464 g/mol. The van der Waals surface area contributed by atoms with Gasteiger partial charge in [0.1, 0.15) is 6.04 Å². The van der Waals surface area contributed by atoms with E-state index in [9.17, 15) is 18.0 Å². The van der Waals surface area contributed by atoms with E-state index < -0.39 is 28.6 Å². The summed E-state index contributed by atoms with van der Waals surface area (Å²) in [4.78, 5) is 24.0. The molecule has 2 N–H and O–H groups in total. The maximum atomic E-state index is 12.5. The van der Waals surface area contributed by atoms with Crippen LogP contribution in [0.2, 0.25) is 0 Å². The number of nitrogens with one attached hydrogen (secondary N) is 2. The molecule has 0 saturated heterocycles. The highest BCUT2D eigenvalue weighted by molar-refractivity contribution is 9.10. The number of benzene rings is 1. The Bertz CT molecular complexity index is 736. The van der Waals surface area contributed by atoms with Gasteiger partial charge in [0, 0.05) is 10.5 Å². The third kappa shape index (κ3) is 6.90. The average molecular weight is 465 g/mol. The average Bonchev–Trinajstić information content (AvgIpc) is 3.40. The first-order valence-corrected chi connectivity index (χ1v) is 11.7. The van der Waals surface area contributed by atoms with Crippen molar-refractivity contribution in [3.05, 3.63) is 28.7 Å². The minimum atomic E-state index is -3.88. The summed E-state index contributed by atoms with van der Waals surface area (Å²) >= 11 is 4.73. The van der Waals surface area contributed by atoms with E-state index in [1.54, 1.807) is 12.1 Å². The van der Waals surface area contributed by atoms with E-state index in [2.05, 4.69) is 26.0 Å². The minimum absolute atomic E-state index is 0.0501. The van der Waals surface area contributed by atoms with Crippen molar-refractivity contribution in [1.82, 2.24) is 10.0 Å². The summed E-state index contributed by atoms with van der Waals surface area (Å²) in [5.41, 5.74) is 0. The third-order valence-corrected chi connectivity index (χ3v) is 6.26. The summed E-state index contributed by atoms with van der Waals surface area (Å²) in [6.07, 6.45) is 3.99. The van der Waals surface area contributed by atoms with E-state index in [0.717, 1.165) is 17.3 Å². The van der Waals surface area contributed by atoms with Crippen molar-refractivity contribution >= 4 is 49.6 Å². The van der Waals surface area contributed by atoms with Crippen molar-refractivity contribution in [2.24, 2.45) is 0 Å². The van der Waals surface area contributed by atoms with Gasteiger partial charge in [0.05, 0.1) is 4.90 Å². The Balaban J connectivity index is 1.98. The Morgan fingerprint density at radius 1 is 1.31 bits per heavy atom. The second kappa shape index (κ2) is 9.72. The molecule has 26 heavy (non-hydrogen) atoms. The first-order chi connectivity index (χ1) is 12.3. The zero-order valence-corrected chi connectivity index (χ0v) is 17.5. The molecule has 0 aliphatic heterocycles. The van der Waals surface area contributed by atoms with Crippen molar-refractivity contribution in [3.63, 3.8) is 0 Å². The van der Waals surface area contributed by atoms with E-state index in [1.165, 1.54) is 23.9 Å². The second-order valence-electron chi connectivity index (χ2n) is 5.86. The summed E-state index contributed by atoms with van der Waals surface area (Å²) in [7, 11) is -3.88. The van der Waals surface area contributed by atoms with Crippen LogP contribution in [0.3, 0.4) is 0 Å². The quantitative estimate of drug-likeness (QED) is 0.510. The molecule has 1 aliphatic rings. The van der Waals surface area contributed by atoms with E-state index in [1.807, 2.05) is 6.26 Å². The molecule has 7 nitrogen and oxygen atoms in total. The molecule has 0 aromatic heterocycles. The van der Waals surface area contributed by atoms with Crippen LogP contribution in [0.25, 0.3) is 0 Å². The lowest BCUT2D eigenvalue weighted by Crippen LogP contribution is -2.43. The van der Waals surface area contributed by atoms with Gasteiger partial charge in [0.2, 0.25) is 10.0 Å². The van der Waals surface area contributed by atoms with Gasteiger partial charge in [-0.25, -0.2) is 8.42 Å². The number of esters is 1. The number of halogens is 1. The summed E-state index contributed by atoms with van der Waals surface area (Å²) in [6.45, 7) is -0.412. The molecule has 0 heterocycles. The Morgan fingerprint density at radius 2 is 1.96 bits per heavy atom. The summed E-state index contributed by atoms with van der Waals surface area (Å²) < 4.78 is 33.1. The number of thioether (sulfide) groups is 1. The molecule has 0 radical (unpaired) electrons. The van der Waals surface area contributed by atoms with Gasteiger partial charge in [-0.3, -0.25) is 9.59 Å². The molecule has 1 amide bonds. The zero-order valence-electron chi connectivity index (χ0n) is 14.2. The topological polar surface area (TPSA) is 102 Å². The molecule has 1 aromatic carbocycles. The highest BCUT2D eigenvalue weighted by atomic mass is 79.9. The number of carbonyl (C=O) groups excluding carboxylic acids is 2. The van der Waals surface area contributed by atoms with Crippen LogP contribution in [-0.2, 0) is 24.3 Å². The fourth-order valence-corrected chi connectivity index (χ4v) is 4.02. The van der Waals surface area contributed by atoms with Crippen molar-refractivity contribution in [1.29, 1.82) is 0 Å². The predicted octanol–water partition coefficient (Wildman–Crippen LogP) is 1.67. The first kappa shape index (κ1) is 21.2. The Morgan fingerprint density at radius 3 is 2.54 bits per heavy atom. The number of hydrogen-bond donors (Lipinski definition) is 2. The molecular weight excluding hydrogens is 444 g/mol. The summed E-state index contributed by atoms with van der Waals surface area (Å²) in [6, 6.07) is 5.20. The molecule has 1 atom stereocenters. The number of amides is 1. The molecule has 0 bridgehead atoms. The molecule has 0 spiro atoms. The van der Waals surface area contributed by atoms with E-state index >= 15 is 0 Å². The molecule has 2 rings (SSSR count). The highest BCUT2D eigenvalue weighted by Gasteiger charge is 2.28. The van der Waals surface area contributed by atoms with Crippen LogP contribution in [-0.4, -0.2) is 51.0 Å². The van der Waals surface area contributed by atoms with Gasteiger partial charge in [0.25, 0.3) is 5.91 Å². The van der Waals surface area contributed by atoms with Crippen LogP contribution in [0, 0.1) is 0 Å². The Kier molecular flexibility index (Phi) is 7.93. The van der Waals surface area contributed by atoms with Gasteiger partial charge >= 0.3 is 5.97 Å². The van der Waals surface area contributed by atoms with Gasteiger partial charge in [-0.1, -0.05) is 15.9 Å². The van der Waals surface area contributed by atoms with Gasteiger partial charge in [-0.2, -0.15) is 16.5 Å². The van der Waals surface area contributed by atoms with Crippen molar-refractivity contribution in [2.45, 2.75) is 36.2 Å². The fourth-order valence-electron chi connectivity index (χ4n) is 2.06. The van der Waals surface area contributed by atoms with Gasteiger partial charge in [-0.05, 0) is 55.5 Å². The Hall–Kier alpha value is -1.10. The molecule has 1 saturated carbocycles. The number of ether oxygens (including phenoxy) is 1. The number of hydrogen-bond acceptors (Lipinski definition) is 6.